The van der Waals surface area contributed by atoms with Gasteiger partial charge in [0.1, 0.15) is 5.01 Å². The lowest BCUT2D eigenvalue weighted by Gasteiger charge is -2.11. The van der Waals surface area contributed by atoms with Crippen LogP contribution < -0.4 is 16.0 Å². The minimum absolute atomic E-state index is 0. The second kappa shape index (κ2) is 11.8. The first-order chi connectivity index (χ1) is 12.1. The van der Waals surface area contributed by atoms with E-state index in [1.54, 1.807) is 11.3 Å². The molecule has 0 saturated carbocycles. The Morgan fingerprint density at radius 3 is 2.54 bits per heavy atom. The molecular formula is C18H26IN5OS. The minimum atomic E-state index is -0.0589. The van der Waals surface area contributed by atoms with E-state index in [1.165, 1.54) is 17.4 Å². The van der Waals surface area contributed by atoms with Gasteiger partial charge in [-0.15, -0.1) is 35.3 Å². The fourth-order valence-electron chi connectivity index (χ4n) is 2.25. The number of halogens is 1. The predicted octanol–water partition coefficient (Wildman–Crippen LogP) is 3.33. The Morgan fingerprint density at radius 2 is 1.96 bits per heavy atom. The number of carbonyl (C=O) groups excluding carboxylic acids is 1. The first-order valence-electron chi connectivity index (χ1n) is 8.37. The summed E-state index contributed by atoms with van der Waals surface area (Å²) in [5, 5.41) is 10.4. The zero-order chi connectivity index (χ0) is 18.1. The molecule has 0 aliphatic heterocycles. The number of aromatic nitrogens is 1. The summed E-state index contributed by atoms with van der Waals surface area (Å²) in [6.45, 7) is 7.78. The van der Waals surface area contributed by atoms with E-state index in [-0.39, 0.29) is 29.9 Å². The smallest absolute Gasteiger partial charge is 0.221 e. The molecular weight excluding hydrogens is 461 g/mol. The summed E-state index contributed by atoms with van der Waals surface area (Å²) < 4.78 is 0. The summed E-state index contributed by atoms with van der Waals surface area (Å²) in [6, 6.07) is 7.88. The number of hydrogen-bond acceptors (Lipinski definition) is 4. The van der Waals surface area contributed by atoms with Crippen molar-refractivity contribution in [3.8, 4) is 0 Å². The predicted molar refractivity (Wildman–Crippen MR) is 120 cm³/mol. The Balaban J connectivity index is 0.00000338. The molecule has 1 aromatic carbocycles. The van der Waals surface area contributed by atoms with Gasteiger partial charge in [-0.25, -0.2) is 9.98 Å². The average Bonchev–Trinajstić information content (AvgIpc) is 2.99. The Hall–Kier alpha value is -1.68. The van der Waals surface area contributed by atoms with Gasteiger partial charge in [-0.2, -0.15) is 0 Å². The van der Waals surface area contributed by atoms with Crippen LogP contribution in [0.4, 0.5) is 5.69 Å². The third kappa shape index (κ3) is 8.13. The molecule has 1 aromatic heterocycles. The van der Waals surface area contributed by atoms with Gasteiger partial charge in [-0.3, -0.25) is 4.79 Å². The van der Waals surface area contributed by atoms with E-state index < -0.39 is 0 Å². The Morgan fingerprint density at radius 1 is 1.23 bits per heavy atom. The molecule has 0 radical (unpaired) electrons. The number of rotatable bonds is 7. The van der Waals surface area contributed by atoms with Crippen LogP contribution in [0.3, 0.4) is 0 Å². The number of nitrogens with zero attached hydrogens (tertiary/aromatic N) is 2. The van der Waals surface area contributed by atoms with Crippen LogP contribution in [-0.2, 0) is 17.8 Å². The van der Waals surface area contributed by atoms with Crippen LogP contribution in [0.15, 0.2) is 35.5 Å². The van der Waals surface area contributed by atoms with Gasteiger partial charge < -0.3 is 16.0 Å². The summed E-state index contributed by atoms with van der Waals surface area (Å²) in [6.07, 6.45) is 2.75. The number of aryl methyl sites for hydroxylation is 1. The molecule has 26 heavy (non-hydrogen) atoms. The van der Waals surface area contributed by atoms with Crippen LogP contribution in [0.25, 0.3) is 0 Å². The van der Waals surface area contributed by atoms with Gasteiger partial charge in [0.15, 0.2) is 5.96 Å². The van der Waals surface area contributed by atoms with Crippen LogP contribution >= 0.6 is 35.3 Å². The number of benzene rings is 1. The number of nitrogens with one attached hydrogen (secondary N) is 3. The molecule has 0 aliphatic carbocycles. The van der Waals surface area contributed by atoms with Gasteiger partial charge in [0.2, 0.25) is 5.91 Å². The Labute approximate surface area is 175 Å². The number of guanidine groups is 1. The molecule has 142 valence electrons. The Bertz CT molecular complexity index is 715. The van der Waals surface area contributed by atoms with Gasteiger partial charge >= 0.3 is 0 Å². The third-order valence-electron chi connectivity index (χ3n) is 3.37. The summed E-state index contributed by atoms with van der Waals surface area (Å²) >= 11 is 1.67. The highest BCUT2D eigenvalue weighted by atomic mass is 127. The van der Waals surface area contributed by atoms with Crippen molar-refractivity contribution in [3.05, 3.63) is 45.9 Å². The van der Waals surface area contributed by atoms with Crippen LogP contribution in [0.5, 0.6) is 0 Å². The molecule has 6 nitrogen and oxygen atoms in total. The maximum atomic E-state index is 11.0. The molecule has 0 unspecified atom stereocenters. The molecule has 0 fully saturated rings. The molecule has 8 heteroatoms. The number of thiazole rings is 1. The number of hydrogen-bond donors (Lipinski definition) is 3. The van der Waals surface area contributed by atoms with Gasteiger partial charge in [-0.05, 0) is 38.0 Å². The molecule has 2 aromatic rings. The fourth-order valence-corrected chi connectivity index (χ4v) is 2.96. The third-order valence-corrected chi connectivity index (χ3v) is 4.26. The highest BCUT2D eigenvalue weighted by Crippen LogP contribution is 2.12. The van der Waals surface area contributed by atoms with E-state index in [4.69, 9.17) is 0 Å². The molecule has 3 N–H and O–H groups in total. The molecule has 0 spiro atoms. The molecule has 2 rings (SSSR count). The van der Waals surface area contributed by atoms with Crippen molar-refractivity contribution < 1.29 is 4.79 Å². The monoisotopic (exact) mass is 487 g/mol. The second-order valence-electron chi connectivity index (χ2n) is 5.61. The number of anilines is 1. The average molecular weight is 487 g/mol. The van der Waals surface area contributed by atoms with E-state index in [0.29, 0.717) is 6.54 Å². The van der Waals surface area contributed by atoms with Gasteiger partial charge in [0.25, 0.3) is 0 Å². The lowest BCUT2D eigenvalue weighted by molar-refractivity contribution is -0.114. The van der Waals surface area contributed by atoms with Gasteiger partial charge in [0, 0.05) is 36.8 Å². The topological polar surface area (TPSA) is 78.4 Å². The van der Waals surface area contributed by atoms with Crippen molar-refractivity contribution in [1.82, 2.24) is 15.6 Å². The molecule has 0 saturated heterocycles. The molecule has 0 aliphatic rings. The summed E-state index contributed by atoms with van der Waals surface area (Å²) in [7, 11) is 0. The fraction of sp³-hybridized carbons (Fsp3) is 0.389. The first-order valence-corrected chi connectivity index (χ1v) is 9.18. The zero-order valence-electron chi connectivity index (χ0n) is 15.3. The van der Waals surface area contributed by atoms with Crippen molar-refractivity contribution in [3.63, 3.8) is 0 Å². The standard InChI is InChI=1S/C18H25N5OS.HI/c1-4-19-18(22-12-17-21-11-13(2)25-17)20-10-9-15-5-7-16(8-6-15)23-14(3)24;/h5-8,11H,4,9-10,12H2,1-3H3,(H,23,24)(H2,19,20,22);1H. The highest BCUT2D eigenvalue weighted by molar-refractivity contribution is 14.0. The number of aliphatic imine (C=N–C) groups is 1. The van der Waals surface area contributed by atoms with E-state index in [9.17, 15) is 4.79 Å². The van der Waals surface area contributed by atoms with Crippen LogP contribution in [0.2, 0.25) is 0 Å². The SMILES string of the molecule is CCNC(=NCc1ncc(C)s1)NCCc1ccc(NC(C)=O)cc1.I. The molecule has 1 heterocycles. The Kier molecular flexibility index (Phi) is 10.2. The lowest BCUT2D eigenvalue weighted by atomic mass is 10.1. The van der Waals surface area contributed by atoms with Gasteiger partial charge in [0.05, 0.1) is 6.54 Å². The summed E-state index contributed by atoms with van der Waals surface area (Å²) in [5.74, 6) is 0.738. The van der Waals surface area contributed by atoms with Gasteiger partial charge in [-0.1, -0.05) is 12.1 Å². The van der Waals surface area contributed by atoms with Crippen molar-refractivity contribution >= 4 is 52.9 Å². The van der Waals surface area contributed by atoms with Crippen molar-refractivity contribution in [2.24, 2.45) is 4.99 Å². The van der Waals surface area contributed by atoms with E-state index >= 15 is 0 Å². The van der Waals surface area contributed by atoms with Crippen molar-refractivity contribution in [1.29, 1.82) is 0 Å². The molecule has 1 amide bonds. The van der Waals surface area contributed by atoms with E-state index in [1.807, 2.05) is 44.3 Å². The lowest BCUT2D eigenvalue weighted by Crippen LogP contribution is -2.38. The van der Waals surface area contributed by atoms with E-state index in [2.05, 4.69) is 25.9 Å². The number of carbonyl (C=O) groups is 1. The van der Waals surface area contributed by atoms with Crippen LogP contribution in [0.1, 0.15) is 29.3 Å². The number of amides is 1. The quantitative estimate of drug-likeness (QED) is 0.318. The minimum Gasteiger partial charge on any atom is -0.357 e. The zero-order valence-corrected chi connectivity index (χ0v) is 18.5. The summed E-state index contributed by atoms with van der Waals surface area (Å²) in [5.41, 5.74) is 2.02. The largest absolute Gasteiger partial charge is 0.357 e. The maximum Gasteiger partial charge on any atom is 0.221 e. The molecule has 0 bridgehead atoms. The van der Waals surface area contributed by atoms with Crippen molar-refractivity contribution in [2.45, 2.75) is 33.7 Å². The highest BCUT2D eigenvalue weighted by Gasteiger charge is 2.01. The van der Waals surface area contributed by atoms with Crippen molar-refractivity contribution in [2.75, 3.05) is 18.4 Å². The second-order valence-corrected chi connectivity index (χ2v) is 6.93. The maximum absolute atomic E-state index is 11.0. The summed E-state index contributed by atoms with van der Waals surface area (Å²) in [4.78, 5) is 21.1. The van der Waals surface area contributed by atoms with Crippen LogP contribution in [0, 0.1) is 6.92 Å². The normalized spacial score (nSPS) is 10.8. The first kappa shape index (κ1) is 22.4. The van der Waals surface area contributed by atoms with Crippen LogP contribution in [-0.4, -0.2) is 29.9 Å². The van der Waals surface area contributed by atoms with E-state index in [0.717, 1.165) is 36.2 Å². The molecule has 0 atom stereocenters.